The second-order valence-corrected chi connectivity index (χ2v) is 7.23. The summed E-state index contributed by atoms with van der Waals surface area (Å²) < 4.78 is 39.3. The molecule has 1 amide bonds. The van der Waals surface area contributed by atoms with Crippen LogP contribution in [0.25, 0.3) is 0 Å². The highest BCUT2D eigenvalue weighted by atomic mass is 19.4. The van der Waals surface area contributed by atoms with Gasteiger partial charge in [-0.1, -0.05) is 6.07 Å². The van der Waals surface area contributed by atoms with Crippen LogP contribution in [0.4, 0.5) is 13.2 Å². The molecule has 0 spiro atoms. The maximum atomic E-state index is 13.1. The van der Waals surface area contributed by atoms with Crippen molar-refractivity contribution in [3.63, 3.8) is 0 Å². The lowest BCUT2D eigenvalue weighted by molar-refractivity contribution is -0.178. The van der Waals surface area contributed by atoms with E-state index in [0.717, 1.165) is 23.4 Å². The zero-order chi connectivity index (χ0) is 17.6. The van der Waals surface area contributed by atoms with Gasteiger partial charge in [0.05, 0.1) is 5.92 Å². The lowest BCUT2D eigenvalue weighted by Gasteiger charge is -2.50. The molecule has 2 aliphatic heterocycles. The first-order valence-electron chi connectivity index (χ1n) is 8.70. The minimum absolute atomic E-state index is 0.0417. The van der Waals surface area contributed by atoms with Crippen molar-refractivity contribution in [3.05, 3.63) is 30.1 Å². The molecule has 136 valence electrons. The van der Waals surface area contributed by atoms with Gasteiger partial charge in [-0.15, -0.1) is 0 Å². The lowest BCUT2D eigenvalue weighted by Crippen LogP contribution is -2.63. The standard InChI is InChI=1S/C17H21F3N4O/c18-17(19,20)9-24-14-7-10(13-3-1-2-6-21-13)4-5-11(14)15-12(16(24)25)8-22-23-15/h1-3,6,10-12,14-15,22-23H,4-5,7-9H2. The van der Waals surface area contributed by atoms with Crippen LogP contribution in [0.5, 0.6) is 0 Å². The number of carbonyl (C=O) groups is 1. The molecule has 2 saturated heterocycles. The molecule has 8 heteroatoms. The summed E-state index contributed by atoms with van der Waals surface area (Å²) >= 11 is 0. The maximum absolute atomic E-state index is 13.1. The second kappa shape index (κ2) is 6.25. The van der Waals surface area contributed by atoms with Crippen molar-refractivity contribution < 1.29 is 18.0 Å². The largest absolute Gasteiger partial charge is 0.406 e. The van der Waals surface area contributed by atoms with E-state index >= 15 is 0 Å². The first kappa shape index (κ1) is 16.8. The molecular formula is C17H21F3N4O. The molecule has 25 heavy (non-hydrogen) atoms. The number of hydrogen-bond donors (Lipinski definition) is 2. The Morgan fingerprint density at radius 1 is 1.28 bits per heavy atom. The molecule has 1 aromatic rings. The maximum Gasteiger partial charge on any atom is 0.406 e. The van der Waals surface area contributed by atoms with Crippen molar-refractivity contribution in [2.24, 2.45) is 11.8 Å². The molecule has 3 aliphatic rings. The fourth-order valence-corrected chi connectivity index (χ4v) is 4.76. The average molecular weight is 354 g/mol. The fraction of sp³-hybridized carbons (Fsp3) is 0.647. The quantitative estimate of drug-likeness (QED) is 0.851. The minimum atomic E-state index is -4.38. The molecule has 0 aromatic carbocycles. The molecule has 1 aromatic heterocycles. The lowest BCUT2D eigenvalue weighted by atomic mass is 9.68. The van der Waals surface area contributed by atoms with Gasteiger partial charge < -0.3 is 4.90 Å². The number of alkyl halides is 3. The summed E-state index contributed by atoms with van der Waals surface area (Å²) in [4.78, 5) is 18.2. The van der Waals surface area contributed by atoms with E-state index in [1.165, 1.54) is 0 Å². The molecule has 3 heterocycles. The highest BCUT2D eigenvalue weighted by molar-refractivity contribution is 5.82. The molecular weight excluding hydrogens is 333 g/mol. The van der Waals surface area contributed by atoms with E-state index in [9.17, 15) is 18.0 Å². The van der Waals surface area contributed by atoms with E-state index in [4.69, 9.17) is 0 Å². The van der Waals surface area contributed by atoms with Crippen LogP contribution in [-0.2, 0) is 4.79 Å². The van der Waals surface area contributed by atoms with Crippen LogP contribution in [0, 0.1) is 11.8 Å². The predicted molar refractivity (Wildman–Crippen MR) is 84.3 cm³/mol. The monoisotopic (exact) mass is 354 g/mol. The molecule has 0 bridgehead atoms. The Morgan fingerprint density at radius 3 is 2.84 bits per heavy atom. The highest BCUT2D eigenvalue weighted by Crippen LogP contribution is 2.44. The Bertz CT molecular complexity index is 639. The van der Waals surface area contributed by atoms with E-state index in [2.05, 4.69) is 15.8 Å². The number of halogens is 3. The van der Waals surface area contributed by atoms with Gasteiger partial charge in [-0.2, -0.15) is 13.2 Å². The van der Waals surface area contributed by atoms with Crippen LogP contribution in [0.3, 0.4) is 0 Å². The molecule has 5 nitrogen and oxygen atoms in total. The van der Waals surface area contributed by atoms with Crippen LogP contribution in [0.2, 0.25) is 0 Å². The van der Waals surface area contributed by atoms with Gasteiger partial charge in [0, 0.05) is 36.4 Å². The van der Waals surface area contributed by atoms with E-state index in [1.54, 1.807) is 6.20 Å². The highest BCUT2D eigenvalue weighted by Gasteiger charge is 2.54. The summed E-state index contributed by atoms with van der Waals surface area (Å²) in [5, 5.41) is 0. The van der Waals surface area contributed by atoms with Gasteiger partial charge in [-0.05, 0) is 37.3 Å². The number of nitrogens with one attached hydrogen (secondary N) is 2. The molecule has 1 saturated carbocycles. The van der Waals surface area contributed by atoms with Gasteiger partial charge in [0.1, 0.15) is 6.54 Å². The minimum Gasteiger partial charge on any atom is -0.330 e. The average Bonchev–Trinajstić information content (AvgIpc) is 3.08. The number of hydrazine groups is 1. The fourth-order valence-electron chi connectivity index (χ4n) is 4.76. The smallest absolute Gasteiger partial charge is 0.330 e. The number of piperidine rings is 1. The van der Waals surface area contributed by atoms with E-state index in [1.807, 2.05) is 18.2 Å². The van der Waals surface area contributed by atoms with Gasteiger partial charge in [-0.3, -0.25) is 20.6 Å². The van der Waals surface area contributed by atoms with Crippen molar-refractivity contribution in [1.29, 1.82) is 0 Å². The zero-order valence-corrected chi connectivity index (χ0v) is 13.7. The summed E-state index contributed by atoms with van der Waals surface area (Å²) in [6, 6.07) is 5.16. The summed E-state index contributed by atoms with van der Waals surface area (Å²) in [7, 11) is 0. The van der Waals surface area contributed by atoms with E-state index in [0.29, 0.717) is 13.0 Å². The van der Waals surface area contributed by atoms with Gasteiger partial charge >= 0.3 is 6.18 Å². The number of pyridine rings is 1. The van der Waals surface area contributed by atoms with Gasteiger partial charge in [0.25, 0.3) is 0 Å². The Kier molecular flexibility index (Phi) is 4.19. The van der Waals surface area contributed by atoms with Crippen LogP contribution >= 0.6 is 0 Å². The first-order valence-corrected chi connectivity index (χ1v) is 8.70. The Morgan fingerprint density at radius 2 is 2.12 bits per heavy atom. The van der Waals surface area contributed by atoms with Crippen LogP contribution in [-0.4, -0.2) is 47.1 Å². The Balaban J connectivity index is 1.62. The van der Waals surface area contributed by atoms with Crippen LogP contribution in [0.1, 0.15) is 30.9 Å². The number of rotatable bonds is 2. The number of fused-ring (bicyclic) bond motifs is 3. The number of carbonyl (C=O) groups excluding carboxylic acids is 1. The number of amides is 1. The normalized spacial score (nSPS) is 35.4. The third kappa shape index (κ3) is 3.13. The molecule has 5 unspecified atom stereocenters. The molecule has 3 fully saturated rings. The molecule has 4 rings (SSSR count). The van der Waals surface area contributed by atoms with Crippen molar-refractivity contribution in [2.45, 2.75) is 43.4 Å². The van der Waals surface area contributed by atoms with Gasteiger partial charge in [0.15, 0.2) is 0 Å². The van der Waals surface area contributed by atoms with Crippen LogP contribution < -0.4 is 10.9 Å². The number of nitrogens with zero attached hydrogens (tertiary/aromatic N) is 2. The third-order valence-electron chi connectivity index (χ3n) is 5.81. The van der Waals surface area contributed by atoms with E-state index < -0.39 is 24.7 Å². The van der Waals surface area contributed by atoms with Gasteiger partial charge in [0.2, 0.25) is 5.91 Å². The summed E-state index contributed by atoms with van der Waals surface area (Å²) in [5.41, 5.74) is 7.00. The number of hydrogen-bond acceptors (Lipinski definition) is 4. The number of aromatic nitrogens is 1. The molecule has 2 N–H and O–H groups in total. The predicted octanol–water partition coefficient (Wildman–Crippen LogP) is 1.83. The second-order valence-electron chi connectivity index (χ2n) is 7.23. The first-order chi connectivity index (χ1) is 11.9. The molecule has 5 atom stereocenters. The van der Waals surface area contributed by atoms with E-state index in [-0.39, 0.29) is 23.8 Å². The summed E-state index contributed by atoms with van der Waals surface area (Å²) in [6.45, 7) is -0.768. The third-order valence-corrected chi connectivity index (χ3v) is 5.81. The topological polar surface area (TPSA) is 57.3 Å². The molecule has 0 radical (unpaired) electrons. The zero-order valence-electron chi connectivity index (χ0n) is 13.7. The van der Waals surface area contributed by atoms with Gasteiger partial charge in [-0.25, -0.2) is 0 Å². The van der Waals surface area contributed by atoms with Crippen molar-refractivity contribution in [1.82, 2.24) is 20.7 Å². The number of likely N-dealkylation sites (tertiary alicyclic amines) is 1. The van der Waals surface area contributed by atoms with Crippen LogP contribution in [0.15, 0.2) is 24.4 Å². The van der Waals surface area contributed by atoms with Crippen molar-refractivity contribution >= 4 is 5.91 Å². The summed E-state index contributed by atoms with van der Waals surface area (Å²) in [6.07, 6.45) is -0.460. The summed E-state index contributed by atoms with van der Waals surface area (Å²) in [5.74, 6) is -0.658. The SMILES string of the molecule is O=C1C2CNNC2C2CCC(c3ccccn3)CC2N1CC(F)(F)F. The Labute approximate surface area is 144 Å². The Hall–Kier alpha value is -1.67. The van der Waals surface area contributed by atoms with Crippen molar-refractivity contribution in [3.8, 4) is 0 Å². The molecule has 1 aliphatic carbocycles. The van der Waals surface area contributed by atoms with Crippen molar-refractivity contribution in [2.75, 3.05) is 13.1 Å².